The molecule has 3 aromatic rings. The van der Waals surface area contributed by atoms with Crippen LogP contribution in [-0.2, 0) is 14.1 Å². The molecule has 1 aromatic carbocycles. The quantitative estimate of drug-likeness (QED) is 0.538. The zero-order chi connectivity index (χ0) is 18.1. The average molecular weight is 376 g/mol. The van der Waals surface area contributed by atoms with E-state index in [1.165, 1.54) is 23.4 Å². The summed E-state index contributed by atoms with van der Waals surface area (Å²) in [7, 11) is 2.97. The lowest BCUT2D eigenvalue weighted by Crippen LogP contribution is -2.36. The van der Waals surface area contributed by atoms with Crippen molar-refractivity contribution in [2.24, 2.45) is 14.1 Å². The predicted molar refractivity (Wildman–Crippen MR) is 99.9 cm³/mol. The minimum Gasteiger partial charge on any atom is -0.327 e. The van der Waals surface area contributed by atoms with Gasteiger partial charge in [-0.3, -0.25) is 18.7 Å². The molecule has 130 valence electrons. The summed E-state index contributed by atoms with van der Waals surface area (Å²) in [6, 6.07) is 7.41. The van der Waals surface area contributed by atoms with Crippen LogP contribution in [0.5, 0.6) is 0 Å². The van der Waals surface area contributed by atoms with Crippen LogP contribution in [0.1, 0.15) is 10.4 Å². The van der Waals surface area contributed by atoms with Gasteiger partial charge in [0.25, 0.3) is 5.56 Å². The van der Waals surface area contributed by atoms with Crippen LogP contribution in [0.15, 0.2) is 43.9 Å². The van der Waals surface area contributed by atoms with Crippen molar-refractivity contribution < 1.29 is 4.79 Å². The van der Waals surface area contributed by atoms with E-state index in [-0.39, 0.29) is 22.7 Å². The normalized spacial score (nSPS) is 11.2. The molecule has 0 unspecified atom stereocenters. The fraction of sp³-hybridized carbons (Fsp3) is 0.250. The van der Waals surface area contributed by atoms with Gasteiger partial charge < -0.3 is 4.98 Å². The first-order valence-electron chi connectivity index (χ1n) is 7.38. The Balaban J connectivity index is 1.82. The third-order valence-corrected chi connectivity index (χ3v) is 5.44. The lowest BCUT2D eigenvalue weighted by atomic mass is 10.1. The first kappa shape index (κ1) is 17.6. The van der Waals surface area contributed by atoms with Crippen molar-refractivity contribution >= 4 is 40.5 Å². The van der Waals surface area contributed by atoms with Crippen LogP contribution in [0.4, 0.5) is 0 Å². The zero-order valence-corrected chi connectivity index (χ0v) is 15.5. The molecule has 0 aliphatic carbocycles. The number of imidazole rings is 1. The highest BCUT2D eigenvalue weighted by Gasteiger charge is 2.15. The summed E-state index contributed by atoms with van der Waals surface area (Å²) in [6.45, 7) is 0. The number of rotatable bonds is 5. The van der Waals surface area contributed by atoms with E-state index in [2.05, 4.69) is 9.97 Å². The standard InChI is InChI=1S/C16H16N4O3S2/c1-19-13-12(14(22)20(2)16(19)23)17-15(18-13)25-8-11(21)9-4-6-10(24-3)7-5-9/h4-7H,8H2,1-3H3,(H,17,18). The summed E-state index contributed by atoms with van der Waals surface area (Å²) >= 11 is 2.82. The largest absolute Gasteiger partial charge is 0.332 e. The maximum absolute atomic E-state index is 12.3. The number of fused-ring (bicyclic) bond motifs is 1. The van der Waals surface area contributed by atoms with Crippen LogP contribution in [0.2, 0.25) is 0 Å². The van der Waals surface area contributed by atoms with Gasteiger partial charge in [0.05, 0.1) is 5.75 Å². The summed E-state index contributed by atoms with van der Waals surface area (Å²) in [5, 5.41) is 0.433. The second-order valence-corrected chi connectivity index (χ2v) is 7.23. The molecule has 1 N–H and O–H groups in total. The molecule has 0 saturated heterocycles. The summed E-state index contributed by atoms with van der Waals surface area (Å²) in [5.41, 5.74) is 0.294. The molecular weight excluding hydrogens is 360 g/mol. The van der Waals surface area contributed by atoms with Crippen molar-refractivity contribution in [3.63, 3.8) is 0 Å². The van der Waals surface area contributed by atoms with Crippen LogP contribution in [0, 0.1) is 0 Å². The van der Waals surface area contributed by atoms with Gasteiger partial charge in [-0.15, -0.1) is 11.8 Å². The Bertz CT molecular complexity index is 1060. The highest BCUT2D eigenvalue weighted by molar-refractivity contribution is 7.99. The molecule has 2 heterocycles. The minimum atomic E-state index is -0.439. The summed E-state index contributed by atoms with van der Waals surface area (Å²) < 4.78 is 2.33. The molecule has 0 fully saturated rings. The lowest BCUT2D eigenvalue weighted by Gasteiger charge is -2.01. The van der Waals surface area contributed by atoms with Crippen molar-refractivity contribution in [1.29, 1.82) is 0 Å². The number of aromatic nitrogens is 4. The number of Topliss-reactive ketones (excluding diaryl/α,β-unsaturated/α-hetero) is 1. The van der Waals surface area contributed by atoms with Crippen molar-refractivity contribution in [3.8, 4) is 0 Å². The number of hydrogen-bond donors (Lipinski definition) is 1. The zero-order valence-electron chi connectivity index (χ0n) is 13.9. The third kappa shape index (κ3) is 3.29. The number of thioether (sulfide) groups is 2. The Hall–Kier alpha value is -2.26. The minimum absolute atomic E-state index is 0.0279. The van der Waals surface area contributed by atoms with E-state index in [9.17, 15) is 14.4 Å². The van der Waals surface area contributed by atoms with Crippen molar-refractivity contribution in [2.45, 2.75) is 10.1 Å². The van der Waals surface area contributed by atoms with E-state index in [0.717, 1.165) is 9.46 Å². The number of carbonyl (C=O) groups excluding carboxylic acids is 1. The smallest absolute Gasteiger partial charge is 0.327 e. The predicted octanol–water partition coefficient (Wildman–Crippen LogP) is 1.66. The van der Waals surface area contributed by atoms with E-state index in [1.54, 1.807) is 30.9 Å². The van der Waals surface area contributed by atoms with Gasteiger partial charge in [-0.1, -0.05) is 23.9 Å². The summed E-state index contributed by atoms with van der Waals surface area (Å²) in [4.78, 5) is 44.6. The third-order valence-electron chi connectivity index (χ3n) is 3.83. The Morgan fingerprint density at radius 2 is 1.84 bits per heavy atom. The molecule has 0 saturated carbocycles. The number of hydrogen-bond acceptors (Lipinski definition) is 6. The molecule has 9 heteroatoms. The first-order chi connectivity index (χ1) is 11.9. The second kappa shape index (κ2) is 6.93. The van der Waals surface area contributed by atoms with Gasteiger partial charge in [0, 0.05) is 24.6 Å². The molecular formula is C16H16N4O3S2. The highest BCUT2D eigenvalue weighted by Crippen LogP contribution is 2.20. The number of nitrogens with one attached hydrogen (secondary N) is 1. The van der Waals surface area contributed by atoms with E-state index >= 15 is 0 Å². The number of nitrogens with zero attached hydrogens (tertiary/aromatic N) is 3. The van der Waals surface area contributed by atoms with Crippen LogP contribution in [-0.4, -0.2) is 36.9 Å². The van der Waals surface area contributed by atoms with E-state index < -0.39 is 11.2 Å². The molecule has 0 bridgehead atoms. The molecule has 7 nitrogen and oxygen atoms in total. The molecule has 0 radical (unpaired) electrons. The first-order valence-corrected chi connectivity index (χ1v) is 9.59. The fourth-order valence-electron chi connectivity index (χ4n) is 2.37. The Kier molecular flexibility index (Phi) is 4.87. The fourth-order valence-corrected chi connectivity index (χ4v) is 3.54. The van der Waals surface area contributed by atoms with E-state index in [4.69, 9.17) is 0 Å². The lowest BCUT2D eigenvalue weighted by molar-refractivity contribution is 0.102. The number of H-pyrrole nitrogens is 1. The van der Waals surface area contributed by atoms with Crippen LogP contribution < -0.4 is 11.2 Å². The van der Waals surface area contributed by atoms with Gasteiger partial charge in [-0.05, 0) is 18.4 Å². The number of ketones is 1. The second-order valence-electron chi connectivity index (χ2n) is 5.39. The monoisotopic (exact) mass is 376 g/mol. The molecule has 0 aliphatic heterocycles. The van der Waals surface area contributed by atoms with E-state index in [1.807, 2.05) is 18.4 Å². The Morgan fingerprint density at radius 1 is 1.16 bits per heavy atom. The molecule has 25 heavy (non-hydrogen) atoms. The van der Waals surface area contributed by atoms with Crippen molar-refractivity contribution in [1.82, 2.24) is 19.1 Å². The molecule has 0 amide bonds. The number of benzene rings is 1. The van der Waals surface area contributed by atoms with Gasteiger partial charge in [-0.2, -0.15) is 0 Å². The summed E-state index contributed by atoms with van der Waals surface area (Å²) in [6.07, 6.45) is 1.98. The number of aromatic amines is 1. The highest BCUT2D eigenvalue weighted by atomic mass is 32.2. The maximum atomic E-state index is 12.3. The van der Waals surface area contributed by atoms with Gasteiger partial charge in [0.1, 0.15) is 0 Å². The van der Waals surface area contributed by atoms with Gasteiger partial charge >= 0.3 is 5.69 Å². The molecule has 0 aliphatic rings. The van der Waals surface area contributed by atoms with Crippen LogP contribution in [0.25, 0.3) is 11.2 Å². The van der Waals surface area contributed by atoms with Gasteiger partial charge in [-0.25, -0.2) is 9.78 Å². The van der Waals surface area contributed by atoms with Gasteiger partial charge in [0.15, 0.2) is 22.1 Å². The Labute approximate surface area is 151 Å². The molecule has 2 aromatic heterocycles. The summed E-state index contributed by atoms with van der Waals surface area (Å²) in [5.74, 6) is 0.159. The van der Waals surface area contributed by atoms with Crippen LogP contribution in [0.3, 0.4) is 0 Å². The van der Waals surface area contributed by atoms with Crippen molar-refractivity contribution in [3.05, 3.63) is 50.7 Å². The topological polar surface area (TPSA) is 89.8 Å². The molecule has 0 spiro atoms. The van der Waals surface area contributed by atoms with Crippen molar-refractivity contribution in [2.75, 3.05) is 12.0 Å². The van der Waals surface area contributed by atoms with Gasteiger partial charge in [0.2, 0.25) is 0 Å². The Morgan fingerprint density at radius 3 is 2.48 bits per heavy atom. The molecule has 3 rings (SSSR count). The maximum Gasteiger partial charge on any atom is 0.332 e. The average Bonchev–Trinajstić information content (AvgIpc) is 3.07. The number of carbonyl (C=O) groups is 1. The molecule has 0 atom stereocenters. The SMILES string of the molecule is CSc1ccc(C(=O)CSc2nc3c([nH]2)c(=O)n(C)c(=O)n3C)cc1. The van der Waals surface area contributed by atoms with Crippen LogP contribution >= 0.6 is 23.5 Å². The number of aryl methyl sites for hydroxylation is 1. The van der Waals surface area contributed by atoms with E-state index in [0.29, 0.717) is 10.7 Å².